The van der Waals surface area contributed by atoms with E-state index in [1.807, 2.05) is 0 Å². The van der Waals surface area contributed by atoms with Gasteiger partial charge in [-0.15, -0.1) is 0 Å². The number of hydrogen-bond donors (Lipinski definition) is 2. The zero-order valence-electron chi connectivity index (χ0n) is 9.29. The number of hydrogen-bond acceptors (Lipinski definition) is 5. The monoisotopic (exact) mass is 227 g/mol. The van der Waals surface area contributed by atoms with Crippen molar-refractivity contribution in [1.29, 1.82) is 0 Å². The van der Waals surface area contributed by atoms with Crippen molar-refractivity contribution in [3.05, 3.63) is 17.0 Å². The second-order valence-corrected chi connectivity index (χ2v) is 3.00. The Kier molecular flexibility index (Phi) is 3.87. The zero-order chi connectivity index (χ0) is 12.1. The van der Waals surface area contributed by atoms with Gasteiger partial charge in [-0.1, -0.05) is 5.16 Å². The molecule has 0 saturated carbocycles. The Hall–Kier alpha value is -2.05. The highest BCUT2D eigenvalue weighted by atomic mass is 16.6. The van der Waals surface area contributed by atoms with Gasteiger partial charge in [-0.05, 0) is 20.8 Å². The molecule has 0 aromatic carbocycles. The summed E-state index contributed by atoms with van der Waals surface area (Å²) >= 11 is 0. The molecule has 2 amide bonds. The van der Waals surface area contributed by atoms with Crippen LogP contribution in [-0.4, -0.2) is 23.8 Å². The average molecular weight is 227 g/mol. The third-order valence-electron chi connectivity index (χ3n) is 1.81. The minimum absolute atomic E-state index is 0.229. The standard InChI is InChI=1S/C9H13N3O4/c1-4-15-9(14)11-10-8(13)7-5(2)12-16-6(7)3/h4H2,1-3H3,(H,10,13)(H,11,14). The van der Waals surface area contributed by atoms with Gasteiger partial charge in [-0.25, -0.2) is 10.2 Å². The molecule has 0 radical (unpaired) electrons. The highest BCUT2D eigenvalue weighted by molar-refractivity contribution is 5.96. The summed E-state index contributed by atoms with van der Waals surface area (Å²) in [6.45, 7) is 5.14. The Morgan fingerprint density at radius 1 is 1.38 bits per heavy atom. The maximum absolute atomic E-state index is 11.6. The minimum atomic E-state index is -0.720. The van der Waals surface area contributed by atoms with E-state index in [-0.39, 0.29) is 6.61 Å². The molecular weight excluding hydrogens is 214 g/mol. The van der Waals surface area contributed by atoms with Crippen LogP contribution < -0.4 is 10.9 Å². The van der Waals surface area contributed by atoms with Crippen LogP contribution in [0.4, 0.5) is 4.79 Å². The maximum Gasteiger partial charge on any atom is 0.426 e. The van der Waals surface area contributed by atoms with E-state index in [9.17, 15) is 9.59 Å². The third-order valence-corrected chi connectivity index (χ3v) is 1.81. The number of nitrogens with one attached hydrogen (secondary N) is 2. The summed E-state index contributed by atoms with van der Waals surface area (Å²) in [5.41, 5.74) is 5.05. The molecule has 7 nitrogen and oxygen atoms in total. The van der Waals surface area contributed by atoms with Gasteiger partial charge >= 0.3 is 6.09 Å². The maximum atomic E-state index is 11.6. The summed E-state index contributed by atoms with van der Waals surface area (Å²) in [5, 5.41) is 3.62. The lowest BCUT2D eigenvalue weighted by atomic mass is 10.2. The van der Waals surface area contributed by atoms with Gasteiger partial charge in [0.1, 0.15) is 11.3 Å². The smallest absolute Gasteiger partial charge is 0.426 e. The Morgan fingerprint density at radius 2 is 2.06 bits per heavy atom. The first-order valence-electron chi connectivity index (χ1n) is 4.72. The first-order chi connectivity index (χ1) is 7.56. The van der Waals surface area contributed by atoms with Crippen molar-refractivity contribution in [3.63, 3.8) is 0 Å². The number of nitrogens with zero attached hydrogens (tertiary/aromatic N) is 1. The third kappa shape index (κ3) is 2.72. The molecule has 1 rings (SSSR count). The SMILES string of the molecule is CCOC(=O)NNC(=O)c1c(C)noc1C. The number of rotatable bonds is 2. The van der Waals surface area contributed by atoms with Gasteiger partial charge < -0.3 is 9.26 Å². The molecule has 1 aromatic heterocycles. The predicted octanol–water partition coefficient (Wildman–Crippen LogP) is 0.682. The summed E-state index contributed by atoms with van der Waals surface area (Å²) in [4.78, 5) is 22.5. The van der Waals surface area contributed by atoms with Crippen LogP contribution in [0.1, 0.15) is 28.7 Å². The minimum Gasteiger partial charge on any atom is -0.449 e. The van der Waals surface area contributed by atoms with Crippen LogP contribution in [0.15, 0.2) is 4.52 Å². The Bertz CT molecular complexity index is 380. The Morgan fingerprint density at radius 3 is 2.56 bits per heavy atom. The number of carbonyl (C=O) groups is 2. The number of ether oxygens (including phenoxy) is 1. The number of hydrazine groups is 1. The summed E-state index contributed by atoms with van der Waals surface area (Å²) in [6.07, 6.45) is -0.720. The Balaban J connectivity index is 2.57. The summed E-state index contributed by atoms with van der Waals surface area (Å²) < 4.78 is 9.38. The van der Waals surface area contributed by atoms with E-state index in [1.165, 1.54) is 0 Å². The van der Waals surface area contributed by atoms with Crippen LogP contribution in [0.3, 0.4) is 0 Å². The van der Waals surface area contributed by atoms with Gasteiger partial charge in [-0.2, -0.15) is 0 Å². The molecule has 16 heavy (non-hydrogen) atoms. The van der Waals surface area contributed by atoms with Crippen molar-refractivity contribution in [2.75, 3.05) is 6.61 Å². The van der Waals surface area contributed by atoms with Crippen LogP contribution in [0.5, 0.6) is 0 Å². The average Bonchev–Trinajstić information content (AvgIpc) is 2.56. The summed E-state index contributed by atoms with van der Waals surface area (Å²) in [6, 6.07) is 0. The topological polar surface area (TPSA) is 93.5 Å². The molecule has 0 spiro atoms. The molecule has 0 aliphatic carbocycles. The molecule has 0 aliphatic rings. The fourth-order valence-corrected chi connectivity index (χ4v) is 1.14. The zero-order valence-corrected chi connectivity index (χ0v) is 9.29. The predicted molar refractivity (Wildman–Crippen MR) is 53.6 cm³/mol. The molecule has 0 saturated heterocycles. The van der Waals surface area contributed by atoms with E-state index in [1.54, 1.807) is 20.8 Å². The number of aryl methyl sites for hydroxylation is 2. The van der Waals surface area contributed by atoms with Crippen molar-refractivity contribution in [2.45, 2.75) is 20.8 Å². The van der Waals surface area contributed by atoms with Crippen molar-refractivity contribution in [2.24, 2.45) is 0 Å². The lowest BCUT2D eigenvalue weighted by Gasteiger charge is -2.06. The van der Waals surface area contributed by atoms with Crippen molar-refractivity contribution in [1.82, 2.24) is 16.0 Å². The second kappa shape index (κ2) is 5.15. The van der Waals surface area contributed by atoms with Gasteiger partial charge in [0, 0.05) is 0 Å². The van der Waals surface area contributed by atoms with Gasteiger partial charge in [0.15, 0.2) is 0 Å². The fourth-order valence-electron chi connectivity index (χ4n) is 1.14. The largest absolute Gasteiger partial charge is 0.449 e. The van der Waals surface area contributed by atoms with Gasteiger partial charge in [0.2, 0.25) is 0 Å². The van der Waals surface area contributed by atoms with Crippen LogP contribution in [0.2, 0.25) is 0 Å². The molecule has 0 fully saturated rings. The van der Waals surface area contributed by atoms with Crippen LogP contribution >= 0.6 is 0 Å². The van der Waals surface area contributed by atoms with Crippen molar-refractivity contribution >= 4 is 12.0 Å². The summed E-state index contributed by atoms with van der Waals surface area (Å²) in [5.74, 6) is -0.107. The van der Waals surface area contributed by atoms with Crippen molar-refractivity contribution in [3.8, 4) is 0 Å². The molecule has 0 unspecified atom stereocenters. The van der Waals surface area contributed by atoms with E-state index in [2.05, 4.69) is 20.7 Å². The van der Waals surface area contributed by atoms with Crippen LogP contribution in [0, 0.1) is 13.8 Å². The summed E-state index contributed by atoms with van der Waals surface area (Å²) in [7, 11) is 0. The molecule has 88 valence electrons. The van der Waals surface area contributed by atoms with Gasteiger partial charge in [0.25, 0.3) is 5.91 Å². The molecule has 2 N–H and O–H groups in total. The molecule has 0 aliphatic heterocycles. The second-order valence-electron chi connectivity index (χ2n) is 3.00. The molecular formula is C9H13N3O4. The van der Waals surface area contributed by atoms with E-state index in [0.717, 1.165) is 0 Å². The van der Waals surface area contributed by atoms with Crippen LogP contribution in [0.25, 0.3) is 0 Å². The number of aromatic nitrogens is 1. The lowest BCUT2D eigenvalue weighted by Crippen LogP contribution is -2.42. The molecule has 0 bridgehead atoms. The first kappa shape index (κ1) is 12.0. The molecule has 0 atom stereocenters. The van der Waals surface area contributed by atoms with E-state index in [0.29, 0.717) is 17.0 Å². The highest BCUT2D eigenvalue weighted by Gasteiger charge is 2.17. The number of carbonyl (C=O) groups excluding carboxylic acids is 2. The van der Waals surface area contributed by atoms with Gasteiger partial charge in [-0.3, -0.25) is 10.2 Å². The normalized spacial score (nSPS) is 9.69. The molecule has 7 heteroatoms. The molecule has 1 heterocycles. The highest BCUT2D eigenvalue weighted by Crippen LogP contribution is 2.10. The van der Waals surface area contributed by atoms with Crippen LogP contribution in [-0.2, 0) is 4.74 Å². The van der Waals surface area contributed by atoms with E-state index in [4.69, 9.17) is 4.52 Å². The van der Waals surface area contributed by atoms with Crippen molar-refractivity contribution < 1.29 is 18.8 Å². The van der Waals surface area contributed by atoms with E-state index < -0.39 is 12.0 Å². The first-order valence-corrected chi connectivity index (χ1v) is 4.72. The van der Waals surface area contributed by atoms with Gasteiger partial charge in [0.05, 0.1) is 12.3 Å². The fraction of sp³-hybridized carbons (Fsp3) is 0.444. The quantitative estimate of drug-likeness (QED) is 0.725. The Labute approximate surface area is 92.1 Å². The number of amides is 2. The van der Waals surface area contributed by atoms with E-state index >= 15 is 0 Å². The molecule has 1 aromatic rings. The lowest BCUT2D eigenvalue weighted by molar-refractivity contribution is 0.0910.